The van der Waals surface area contributed by atoms with Crippen LogP contribution in [-0.2, 0) is 0 Å². The summed E-state index contributed by atoms with van der Waals surface area (Å²) in [5, 5.41) is 0. The van der Waals surface area contributed by atoms with Crippen molar-refractivity contribution in [3.63, 3.8) is 0 Å². The standard InChI is InChI=1S/C27H22F2N2O2/c1-18-15-22(17-25(30-18)10-5-19-3-2-4-24(29)16-19)27(33)31-13-11-21(12-14-31)26(32)20-6-8-23(28)9-7-20/h2-4,6-9,15-17,21H,11-14H2,1H3. The van der Waals surface area contributed by atoms with Crippen LogP contribution in [0.4, 0.5) is 8.78 Å². The average molecular weight is 444 g/mol. The number of aryl methyl sites for hydroxylation is 1. The molecule has 1 fully saturated rings. The summed E-state index contributed by atoms with van der Waals surface area (Å²) in [5.41, 5.74) is 2.59. The summed E-state index contributed by atoms with van der Waals surface area (Å²) >= 11 is 0. The summed E-state index contributed by atoms with van der Waals surface area (Å²) in [6.45, 7) is 2.71. The van der Waals surface area contributed by atoms with E-state index in [0.717, 1.165) is 0 Å². The van der Waals surface area contributed by atoms with E-state index >= 15 is 0 Å². The summed E-state index contributed by atoms with van der Waals surface area (Å²) in [5.74, 6) is 4.69. The molecule has 1 aromatic heterocycles. The maximum absolute atomic E-state index is 13.4. The summed E-state index contributed by atoms with van der Waals surface area (Å²) < 4.78 is 26.5. The summed E-state index contributed by atoms with van der Waals surface area (Å²) in [4.78, 5) is 31.9. The molecule has 0 bridgehead atoms. The second-order valence-corrected chi connectivity index (χ2v) is 8.08. The van der Waals surface area contributed by atoms with Crippen LogP contribution in [0.25, 0.3) is 0 Å². The first-order chi connectivity index (χ1) is 15.9. The van der Waals surface area contributed by atoms with Crippen molar-refractivity contribution < 1.29 is 18.4 Å². The van der Waals surface area contributed by atoms with E-state index in [2.05, 4.69) is 16.8 Å². The van der Waals surface area contributed by atoms with Gasteiger partial charge in [-0.05, 0) is 80.3 Å². The molecule has 2 heterocycles. The van der Waals surface area contributed by atoms with Crippen LogP contribution in [0.5, 0.6) is 0 Å². The van der Waals surface area contributed by atoms with E-state index in [4.69, 9.17) is 0 Å². The predicted molar refractivity (Wildman–Crippen MR) is 121 cm³/mol. The number of likely N-dealkylation sites (tertiary alicyclic amines) is 1. The van der Waals surface area contributed by atoms with Gasteiger partial charge in [-0.1, -0.05) is 12.0 Å². The number of rotatable bonds is 3. The molecule has 2 aromatic carbocycles. The zero-order chi connectivity index (χ0) is 23.4. The Balaban J connectivity index is 1.43. The van der Waals surface area contributed by atoms with Crippen molar-refractivity contribution in [1.29, 1.82) is 0 Å². The smallest absolute Gasteiger partial charge is 0.254 e. The highest BCUT2D eigenvalue weighted by molar-refractivity contribution is 5.98. The number of piperidine rings is 1. The van der Waals surface area contributed by atoms with Crippen LogP contribution in [0, 0.1) is 36.3 Å². The molecule has 0 unspecified atom stereocenters. The lowest BCUT2D eigenvalue weighted by Gasteiger charge is -2.31. The predicted octanol–water partition coefficient (Wildman–Crippen LogP) is 4.80. The number of Topliss-reactive ketones (excluding diaryl/α,β-unsaturated/α-hetero) is 1. The quantitative estimate of drug-likeness (QED) is 0.431. The van der Waals surface area contributed by atoms with Gasteiger partial charge in [-0.2, -0.15) is 0 Å². The minimum atomic E-state index is -0.375. The molecule has 1 aliphatic heterocycles. The third-order valence-electron chi connectivity index (χ3n) is 5.64. The molecule has 1 saturated heterocycles. The first kappa shape index (κ1) is 22.3. The van der Waals surface area contributed by atoms with Gasteiger partial charge >= 0.3 is 0 Å². The Morgan fingerprint density at radius 3 is 2.33 bits per heavy atom. The maximum Gasteiger partial charge on any atom is 0.254 e. The number of carbonyl (C=O) groups excluding carboxylic acids is 2. The van der Waals surface area contributed by atoms with Crippen LogP contribution in [-0.4, -0.2) is 34.7 Å². The molecule has 6 heteroatoms. The van der Waals surface area contributed by atoms with Gasteiger partial charge in [0.25, 0.3) is 5.91 Å². The highest BCUT2D eigenvalue weighted by atomic mass is 19.1. The van der Waals surface area contributed by atoms with E-state index in [9.17, 15) is 18.4 Å². The molecular weight excluding hydrogens is 422 g/mol. The van der Waals surface area contributed by atoms with Gasteiger partial charge in [-0.3, -0.25) is 9.59 Å². The van der Waals surface area contributed by atoms with Gasteiger partial charge in [0.2, 0.25) is 0 Å². The SMILES string of the molecule is Cc1cc(C(=O)N2CCC(C(=O)c3ccc(F)cc3)CC2)cc(C#Cc2cccc(F)c2)n1. The number of hydrogen-bond donors (Lipinski definition) is 0. The Morgan fingerprint density at radius 2 is 1.64 bits per heavy atom. The zero-order valence-corrected chi connectivity index (χ0v) is 18.1. The number of aromatic nitrogens is 1. The van der Waals surface area contributed by atoms with Crippen LogP contribution < -0.4 is 0 Å². The molecule has 1 aliphatic rings. The van der Waals surface area contributed by atoms with E-state index in [0.29, 0.717) is 54.0 Å². The van der Waals surface area contributed by atoms with E-state index in [-0.39, 0.29) is 29.2 Å². The number of halogens is 2. The molecule has 1 amide bonds. The second kappa shape index (κ2) is 9.74. The molecule has 0 saturated carbocycles. The zero-order valence-electron chi connectivity index (χ0n) is 18.1. The van der Waals surface area contributed by atoms with Crippen LogP contribution in [0.15, 0.2) is 60.7 Å². The Bertz CT molecular complexity index is 1250. The van der Waals surface area contributed by atoms with Gasteiger partial charge < -0.3 is 4.90 Å². The first-order valence-electron chi connectivity index (χ1n) is 10.7. The van der Waals surface area contributed by atoms with Crippen molar-refractivity contribution in [2.75, 3.05) is 13.1 Å². The molecule has 0 spiro atoms. The number of amides is 1. The third kappa shape index (κ3) is 5.50. The van der Waals surface area contributed by atoms with E-state index in [1.807, 2.05) is 0 Å². The molecule has 4 nitrogen and oxygen atoms in total. The number of ketones is 1. The van der Waals surface area contributed by atoms with Crippen molar-refractivity contribution in [1.82, 2.24) is 9.88 Å². The van der Waals surface area contributed by atoms with Crippen LogP contribution in [0.1, 0.15) is 50.5 Å². The molecule has 0 N–H and O–H groups in total. The Kier molecular flexibility index (Phi) is 6.60. The fourth-order valence-electron chi connectivity index (χ4n) is 3.94. The highest BCUT2D eigenvalue weighted by Gasteiger charge is 2.28. The maximum atomic E-state index is 13.4. The van der Waals surface area contributed by atoms with Crippen molar-refractivity contribution in [2.24, 2.45) is 5.92 Å². The highest BCUT2D eigenvalue weighted by Crippen LogP contribution is 2.23. The Morgan fingerprint density at radius 1 is 0.909 bits per heavy atom. The van der Waals surface area contributed by atoms with Crippen molar-refractivity contribution in [3.05, 3.63) is 100 Å². The normalized spacial score (nSPS) is 13.8. The van der Waals surface area contributed by atoms with Crippen molar-refractivity contribution in [2.45, 2.75) is 19.8 Å². The van der Waals surface area contributed by atoms with Crippen molar-refractivity contribution >= 4 is 11.7 Å². The lowest BCUT2D eigenvalue weighted by atomic mass is 9.88. The Hall–Kier alpha value is -3.85. The van der Waals surface area contributed by atoms with E-state index in [1.165, 1.54) is 36.4 Å². The van der Waals surface area contributed by atoms with Gasteiger partial charge in [0.05, 0.1) is 0 Å². The number of nitrogens with zero attached hydrogens (tertiary/aromatic N) is 2. The molecule has 3 aromatic rings. The minimum absolute atomic E-state index is 0.0169. The van der Waals surface area contributed by atoms with Gasteiger partial charge in [0.15, 0.2) is 5.78 Å². The van der Waals surface area contributed by atoms with Gasteiger partial charge in [0, 0.05) is 41.4 Å². The summed E-state index contributed by atoms with van der Waals surface area (Å²) in [6.07, 6.45) is 1.11. The third-order valence-corrected chi connectivity index (χ3v) is 5.64. The van der Waals surface area contributed by atoms with E-state index < -0.39 is 0 Å². The fourth-order valence-corrected chi connectivity index (χ4v) is 3.94. The van der Waals surface area contributed by atoms with Gasteiger partial charge in [-0.25, -0.2) is 13.8 Å². The number of carbonyl (C=O) groups is 2. The number of hydrogen-bond acceptors (Lipinski definition) is 3. The van der Waals surface area contributed by atoms with Gasteiger partial charge in [0.1, 0.15) is 17.3 Å². The van der Waals surface area contributed by atoms with E-state index in [1.54, 1.807) is 36.1 Å². The second-order valence-electron chi connectivity index (χ2n) is 8.08. The monoisotopic (exact) mass is 444 g/mol. The molecule has 0 atom stereocenters. The Labute approximate surface area is 191 Å². The first-order valence-corrected chi connectivity index (χ1v) is 10.7. The lowest BCUT2D eigenvalue weighted by Crippen LogP contribution is -2.40. The lowest BCUT2D eigenvalue weighted by molar-refractivity contribution is 0.0650. The molecule has 0 aliphatic carbocycles. The molecule has 33 heavy (non-hydrogen) atoms. The van der Waals surface area contributed by atoms with Crippen molar-refractivity contribution in [3.8, 4) is 11.8 Å². The van der Waals surface area contributed by atoms with Crippen LogP contribution in [0.2, 0.25) is 0 Å². The minimum Gasteiger partial charge on any atom is -0.339 e. The molecular formula is C27H22F2N2O2. The molecule has 4 rings (SSSR count). The molecule has 166 valence electrons. The fraction of sp³-hybridized carbons (Fsp3) is 0.222. The topological polar surface area (TPSA) is 50.3 Å². The van der Waals surface area contributed by atoms with Gasteiger partial charge in [-0.15, -0.1) is 0 Å². The average Bonchev–Trinajstić information content (AvgIpc) is 2.82. The van der Waals surface area contributed by atoms with Crippen LogP contribution >= 0.6 is 0 Å². The molecule has 0 radical (unpaired) electrons. The largest absolute Gasteiger partial charge is 0.339 e. The number of benzene rings is 2. The summed E-state index contributed by atoms with van der Waals surface area (Å²) in [7, 11) is 0. The van der Waals surface area contributed by atoms with Crippen LogP contribution in [0.3, 0.4) is 0 Å². The number of pyridine rings is 1. The summed E-state index contributed by atoms with van der Waals surface area (Å²) in [6, 6.07) is 14.9.